The molecule has 214 valence electrons. The smallest absolute Gasteiger partial charge is 0.335 e. The highest BCUT2D eigenvalue weighted by molar-refractivity contribution is 6.30. The predicted octanol–water partition coefficient (Wildman–Crippen LogP) is 4.15. The van der Waals surface area contributed by atoms with Crippen LogP contribution >= 0.6 is 11.6 Å². The molecule has 0 aliphatic carbocycles. The maximum atomic E-state index is 14.7. The number of nitrogens with zero attached hydrogens (tertiary/aromatic N) is 6. The summed E-state index contributed by atoms with van der Waals surface area (Å²) in [6.45, 7) is 4.01. The molecule has 2 saturated heterocycles. The molecular weight excluding hydrogens is 558 g/mol. The van der Waals surface area contributed by atoms with Crippen LogP contribution in [0.3, 0.4) is 0 Å². The number of aromatic nitrogens is 4. The number of aromatic carboxylic acids is 1. The van der Waals surface area contributed by atoms with Crippen LogP contribution in [0.15, 0.2) is 42.6 Å². The van der Waals surface area contributed by atoms with Crippen molar-refractivity contribution in [3.05, 3.63) is 76.2 Å². The zero-order valence-electron chi connectivity index (χ0n) is 22.0. The highest BCUT2D eigenvalue weighted by atomic mass is 35.5. The number of rotatable bonds is 9. The van der Waals surface area contributed by atoms with E-state index in [1.165, 1.54) is 12.1 Å². The van der Waals surface area contributed by atoms with E-state index in [1.54, 1.807) is 24.3 Å². The van der Waals surface area contributed by atoms with Gasteiger partial charge >= 0.3 is 12.0 Å². The Labute approximate surface area is 239 Å². The molecule has 4 aromatic rings. The average molecular weight is 585 g/mol. The molecule has 0 amide bonds. The lowest BCUT2D eigenvalue weighted by Gasteiger charge is -2.35. The van der Waals surface area contributed by atoms with E-state index in [4.69, 9.17) is 26.1 Å². The summed E-state index contributed by atoms with van der Waals surface area (Å²) < 4.78 is 42.0. The average Bonchev–Trinajstić information content (AvgIpc) is 3.27. The maximum Gasteiger partial charge on any atom is 0.335 e. The number of piperazine rings is 1. The van der Waals surface area contributed by atoms with Crippen molar-refractivity contribution in [3.8, 4) is 6.01 Å². The minimum Gasteiger partial charge on any atom is -0.478 e. The van der Waals surface area contributed by atoms with Crippen LogP contribution in [0, 0.1) is 11.6 Å². The molecule has 2 aliphatic heterocycles. The first-order chi connectivity index (χ1) is 19.8. The third-order valence-corrected chi connectivity index (χ3v) is 7.60. The zero-order valence-corrected chi connectivity index (χ0v) is 22.7. The van der Waals surface area contributed by atoms with Crippen molar-refractivity contribution in [2.24, 2.45) is 0 Å². The van der Waals surface area contributed by atoms with Crippen LogP contribution in [0.25, 0.3) is 11.0 Å². The Kier molecular flexibility index (Phi) is 7.69. The van der Waals surface area contributed by atoms with Crippen molar-refractivity contribution in [1.29, 1.82) is 0 Å². The van der Waals surface area contributed by atoms with E-state index >= 15 is 0 Å². The van der Waals surface area contributed by atoms with Gasteiger partial charge in [0.15, 0.2) is 11.6 Å². The van der Waals surface area contributed by atoms with Gasteiger partial charge in [0.2, 0.25) is 0 Å². The van der Waals surface area contributed by atoms with Gasteiger partial charge in [-0.05, 0) is 36.8 Å². The normalized spacial score (nSPS) is 17.5. The second kappa shape index (κ2) is 11.6. The number of imidazole rings is 1. The van der Waals surface area contributed by atoms with Crippen molar-refractivity contribution >= 4 is 34.4 Å². The number of hydrogen-bond acceptors (Lipinski definition) is 8. The number of anilines is 1. The third-order valence-electron chi connectivity index (χ3n) is 7.37. The van der Waals surface area contributed by atoms with E-state index in [2.05, 4.69) is 19.4 Å². The number of hydrogen-bond donors (Lipinski definition) is 1. The van der Waals surface area contributed by atoms with Gasteiger partial charge in [-0.2, -0.15) is 4.98 Å². The monoisotopic (exact) mass is 584 g/mol. The molecule has 1 N–H and O–H groups in total. The molecule has 0 saturated carbocycles. The minimum atomic E-state index is -0.986. The molecule has 41 heavy (non-hydrogen) atoms. The lowest BCUT2D eigenvalue weighted by atomic mass is 10.1. The summed E-state index contributed by atoms with van der Waals surface area (Å²) in [6.07, 6.45) is 2.07. The lowest BCUT2D eigenvalue weighted by molar-refractivity contribution is -0.0592. The Bertz CT molecular complexity index is 1590. The van der Waals surface area contributed by atoms with Crippen molar-refractivity contribution in [2.75, 3.05) is 37.7 Å². The van der Waals surface area contributed by atoms with Crippen LogP contribution in [0.2, 0.25) is 5.02 Å². The molecule has 10 nitrogen and oxygen atoms in total. The van der Waals surface area contributed by atoms with Gasteiger partial charge in [0.05, 0.1) is 42.0 Å². The number of carboxylic acid groups (broad SMARTS) is 1. The van der Waals surface area contributed by atoms with Gasteiger partial charge in [0, 0.05) is 43.4 Å². The van der Waals surface area contributed by atoms with Crippen molar-refractivity contribution < 1.29 is 28.2 Å². The number of carboxylic acids is 1. The third kappa shape index (κ3) is 5.95. The van der Waals surface area contributed by atoms with Gasteiger partial charge in [0.1, 0.15) is 18.2 Å². The summed E-state index contributed by atoms with van der Waals surface area (Å²) in [6, 6.07) is 9.17. The fourth-order valence-corrected chi connectivity index (χ4v) is 5.15. The number of halogens is 3. The highest BCUT2D eigenvalue weighted by Crippen LogP contribution is 2.25. The predicted molar refractivity (Wildman–Crippen MR) is 146 cm³/mol. The van der Waals surface area contributed by atoms with Crippen LogP contribution in [0.4, 0.5) is 14.6 Å². The van der Waals surface area contributed by atoms with Gasteiger partial charge in [-0.25, -0.2) is 23.5 Å². The fourth-order valence-electron chi connectivity index (χ4n) is 4.99. The lowest BCUT2D eigenvalue weighted by Crippen LogP contribution is -2.47. The van der Waals surface area contributed by atoms with E-state index in [1.807, 2.05) is 4.90 Å². The molecule has 6 rings (SSSR count). The molecule has 2 aliphatic rings. The van der Waals surface area contributed by atoms with Crippen molar-refractivity contribution in [1.82, 2.24) is 24.4 Å². The highest BCUT2D eigenvalue weighted by Gasteiger charge is 2.26. The Morgan fingerprint density at radius 3 is 2.61 bits per heavy atom. The molecule has 0 radical (unpaired) electrons. The number of carbonyl (C=O) groups is 1. The quantitative estimate of drug-likeness (QED) is 0.311. The summed E-state index contributed by atoms with van der Waals surface area (Å²) in [5.74, 6) is -1.11. The second-order valence-electron chi connectivity index (χ2n) is 10.0. The van der Waals surface area contributed by atoms with E-state index < -0.39 is 17.6 Å². The van der Waals surface area contributed by atoms with Gasteiger partial charge in [-0.1, -0.05) is 17.7 Å². The first-order valence-corrected chi connectivity index (χ1v) is 13.6. The standard InChI is InChI=1S/C28H27ClF2N6O4/c29-19-3-1-18(21(30)12-19)16-41-28-32-13-22(31)26(34-28)36-8-6-35(7-9-36)15-25-33-23-4-2-17(27(38)39)11-24(23)37(25)14-20-5-10-40-20/h1-4,11-13,20H,5-10,14-16H2,(H,38,39)/t20-/m0/s1. The summed E-state index contributed by atoms with van der Waals surface area (Å²) in [5, 5.41) is 9.75. The van der Waals surface area contributed by atoms with Crippen LogP contribution in [-0.2, 0) is 24.4 Å². The molecule has 2 aromatic carbocycles. The first-order valence-electron chi connectivity index (χ1n) is 13.2. The van der Waals surface area contributed by atoms with E-state index in [0.29, 0.717) is 39.3 Å². The summed E-state index contributed by atoms with van der Waals surface area (Å²) in [5.41, 5.74) is 1.99. The number of benzene rings is 2. The van der Waals surface area contributed by atoms with E-state index in [0.717, 1.165) is 36.1 Å². The molecule has 1 atom stereocenters. The second-order valence-corrected chi connectivity index (χ2v) is 10.5. The molecule has 0 spiro atoms. The van der Waals surface area contributed by atoms with Crippen molar-refractivity contribution in [2.45, 2.75) is 32.2 Å². The maximum absolute atomic E-state index is 14.7. The summed E-state index contributed by atoms with van der Waals surface area (Å²) in [7, 11) is 0. The summed E-state index contributed by atoms with van der Waals surface area (Å²) in [4.78, 5) is 28.6. The minimum absolute atomic E-state index is 0.0501. The zero-order chi connectivity index (χ0) is 28.5. The van der Waals surface area contributed by atoms with E-state index in [-0.39, 0.29) is 40.7 Å². The van der Waals surface area contributed by atoms with Crippen LogP contribution in [0.5, 0.6) is 6.01 Å². The fraction of sp³-hybridized carbons (Fsp3) is 0.357. The summed E-state index contributed by atoms with van der Waals surface area (Å²) >= 11 is 5.80. The largest absolute Gasteiger partial charge is 0.478 e. The van der Waals surface area contributed by atoms with Crippen molar-refractivity contribution in [3.63, 3.8) is 0 Å². The van der Waals surface area contributed by atoms with Gasteiger partial charge in [-0.15, -0.1) is 0 Å². The molecule has 2 fully saturated rings. The molecular formula is C28H27ClF2N6O4. The first kappa shape index (κ1) is 27.3. The Morgan fingerprint density at radius 2 is 1.90 bits per heavy atom. The number of fused-ring (bicyclic) bond motifs is 1. The Balaban J connectivity index is 1.13. The Morgan fingerprint density at radius 1 is 1.10 bits per heavy atom. The van der Waals surface area contributed by atoms with Crippen LogP contribution in [-0.4, -0.2) is 74.4 Å². The van der Waals surface area contributed by atoms with Gasteiger partial charge in [0.25, 0.3) is 0 Å². The number of ether oxygens (including phenoxy) is 2. The molecule has 4 heterocycles. The van der Waals surface area contributed by atoms with E-state index in [9.17, 15) is 18.7 Å². The topological polar surface area (TPSA) is 106 Å². The Hall–Kier alpha value is -3.87. The molecule has 13 heteroatoms. The van der Waals surface area contributed by atoms with Gasteiger partial charge in [-0.3, -0.25) is 4.90 Å². The molecule has 0 bridgehead atoms. The molecule has 0 unspecified atom stereocenters. The van der Waals surface area contributed by atoms with Crippen LogP contribution in [0.1, 0.15) is 28.2 Å². The molecule has 2 aromatic heterocycles. The SMILES string of the molecule is O=C(O)c1ccc2nc(CN3CCN(c4nc(OCc5ccc(Cl)cc5F)ncc4F)CC3)n(C[C@@H]3CCO3)c2c1. The van der Waals surface area contributed by atoms with Gasteiger partial charge < -0.3 is 24.0 Å². The van der Waals surface area contributed by atoms with Crippen LogP contribution < -0.4 is 9.64 Å².